The summed E-state index contributed by atoms with van der Waals surface area (Å²) in [4.78, 5) is 38.1. The van der Waals surface area contributed by atoms with Gasteiger partial charge in [0.15, 0.2) is 6.10 Å². The Hall–Kier alpha value is -5.49. The lowest BCUT2D eigenvalue weighted by Crippen LogP contribution is -2.30. The van der Waals surface area contributed by atoms with Gasteiger partial charge in [0.25, 0.3) is 0 Å². The monoisotopic (exact) mass is 973 g/mol. The fourth-order valence-electron chi connectivity index (χ4n) is 6.56. The van der Waals surface area contributed by atoms with Gasteiger partial charge in [0.05, 0.1) is 0 Å². The molecule has 392 valence electrons. The van der Waals surface area contributed by atoms with Crippen molar-refractivity contribution in [3.05, 3.63) is 182 Å². The van der Waals surface area contributed by atoms with Crippen LogP contribution in [0.2, 0.25) is 0 Å². The molecule has 0 aromatic rings. The molecule has 0 aliphatic carbocycles. The number of esters is 3. The predicted molar refractivity (Wildman–Crippen MR) is 306 cm³/mol. The lowest BCUT2D eigenvalue weighted by molar-refractivity contribution is -0.167. The zero-order valence-corrected chi connectivity index (χ0v) is 44.6. The van der Waals surface area contributed by atoms with E-state index in [2.05, 4.69) is 142 Å². The molecule has 0 aromatic carbocycles. The van der Waals surface area contributed by atoms with Gasteiger partial charge < -0.3 is 14.2 Å². The first kappa shape index (κ1) is 65.5. The SMILES string of the molecule is CC\C=C/C=C\C=C/C=C\C=C\C=C/CCCCCC(=O)OC(COC(=O)CCC/C=C\C/C=C\C/C=C\C/C=C\C/C=C\CC)COC(=O)CCCCCCCC/C=C\C/C=C\C/C=C\C/C=C\CC. The van der Waals surface area contributed by atoms with Crippen molar-refractivity contribution < 1.29 is 28.6 Å². The molecule has 0 aliphatic heterocycles. The standard InChI is InChI=1S/C65H96O6/c1-4-7-10-13-16-19-22-25-28-31-32-35-37-40-43-46-49-52-55-58-64(67)70-61-62(71-65(68)59-56-53-50-47-44-41-38-34-30-27-24-21-18-15-12-9-6-3)60-69-63(66)57-54-51-48-45-42-39-36-33-29-26-23-20-17-14-11-8-5-2/h7-12,15-21,24-30,32,34-36,38-39,41,44-45,48,62H,4-6,13-14,22-23,31,33,37,40,42-43,46-47,49-61H2,1-3H3/b10-7-,11-8-,12-9-,18-15-,19-16-,20-17-,24-21-,28-25-,29-26-,30-27-,35-32-,38-34+,39-36-,44-41-,48-45-. The number of unbranched alkanes of at least 4 members (excludes halogenated alkanes) is 10. The Morgan fingerprint density at radius 3 is 1.03 bits per heavy atom. The molecular weight excluding hydrogens is 877 g/mol. The van der Waals surface area contributed by atoms with Crippen molar-refractivity contribution in [2.45, 2.75) is 194 Å². The number of hydrogen-bond acceptors (Lipinski definition) is 6. The summed E-state index contributed by atoms with van der Waals surface area (Å²) >= 11 is 0. The average Bonchev–Trinajstić information content (AvgIpc) is 3.37. The topological polar surface area (TPSA) is 78.9 Å². The van der Waals surface area contributed by atoms with Gasteiger partial charge in [-0.25, -0.2) is 0 Å². The molecule has 0 radical (unpaired) electrons. The highest BCUT2D eigenvalue weighted by Gasteiger charge is 2.19. The maximum absolute atomic E-state index is 12.8. The summed E-state index contributed by atoms with van der Waals surface area (Å²) in [5, 5.41) is 0. The van der Waals surface area contributed by atoms with Gasteiger partial charge in [-0.3, -0.25) is 14.4 Å². The van der Waals surface area contributed by atoms with Crippen molar-refractivity contribution in [3.63, 3.8) is 0 Å². The summed E-state index contributed by atoms with van der Waals surface area (Å²) in [6.45, 7) is 6.14. The van der Waals surface area contributed by atoms with Crippen LogP contribution in [0.5, 0.6) is 0 Å². The molecule has 0 saturated heterocycles. The van der Waals surface area contributed by atoms with Crippen molar-refractivity contribution in [1.82, 2.24) is 0 Å². The van der Waals surface area contributed by atoms with Crippen LogP contribution in [0.15, 0.2) is 182 Å². The third-order valence-corrected chi connectivity index (χ3v) is 10.5. The lowest BCUT2D eigenvalue weighted by Gasteiger charge is -2.18. The fraction of sp³-hybridized carbons (Fsp3) is 0.492. The van der Waals surface area contributed by atoms with Gasteiger partial charge in [0.2, 0.25) is 0 Å². The van der Waals surface area contributed by atoms with Gasteiger partial charge in [-0.15, -0.1) is 0 Å². The zero-order chi connectivity index (χ0) is 51.4. The Morgan fingerprint density at radius 2 is 0.592 bits per heavy atom. The molecule has 1 unspecified atom stereocenters. The molecule has 0 heterocycles. The fourth-order valence-corrected chi connectivity index (χ4v) is 6.56. The Morgan fingerprint density at radius 1 is 0.296 bits per heavy atom. The third-order valence-electron chi connectivity index (χ3n) is 10.5. The molecule has 0 spiro atoms. The van der Waals surface area contributed by atoms with Crippen LogP contribution in [0, 0.1) is 0 Å². The molecule has 0 fully saturated rings. The quantitative estimate of drug-likeness (QED) is 0.0199. The van der Waals surface area contributed by atoms with Crippen molar-refractivity contribution >= 4 is 17.9 Å². The van der Waals surface area contributed by atoms with E-state index in [-0.39, 0.29) is 44.0 Å². The van der Waals surface area contributed by atoms with Gasteiger partial charge in [-0.2, -0.15) is 0 Å². The van der Waals surface area contributed by atoms with Crippen molar-refractivity contribution in [3.8, 4) is 0 Å². The number of rotatable bonds is 46. The summed E-state index contributed by atoms with van der Waals surface area (Å²) in [5.41, 5.74) is 0. The van der Waals surface area contributed by atoms with Crippen LogP contribution in [0.4, 0.5) is 0 Å². The second kappa shape index (κ2) is 57.1. The predicted octanol–water partition coefficient (Wildman–Crippen LogP) is 18.5. The number of allylic oxidation sites excluding steroid dienone is 30. The van der Waals surface area contributed by atoms with Crippen molar-refractivity contribution in [1.29, 1.82) is 0 Å². The van der Waals surface area contributed by atoms with E-state index in [0.717, 1.165) is 122 Å². The van der Waals surface area contributed by atoms with E-state index in [1.54, 1.807) is 0 Å². The lowest BCUT2D eigenvalue weighted by atomic mass is 10.1. The molecular formula is C65H96O6. The van der Waals surface area contributed by atoms with Gasteiger partial charge >= 0.3 is 17.9 Å². The first-order chi connectivity index (χ1) is 35.0. The van der Waals surface area contributed by atoms with E-state index in [1.807, 2.05) is 60.8 Å². The highest BCUT2D eigenvalue weighted by Crippen LogP contribution is 2.12. The van der Waals surface area contributed by atoms with Crippen LogP contribution in [0.25, 0.3) is 0 Å². The smallest absolute Gasteiger partial charge is 0.306 e. The summed E-state index contributed by atoms with van der Waals surface area (Å²) in [7, 11) is 0. The van der Waals surface area contributed by atoms with Gasteiger partial charge in [-0.1, -0.05) is 235 Å². The summed E-state index contributed by atoms with van der Waals surface area (Å²) < 4.78 is 16.7. The Bertz CT molecular complexity index is 1730. The number of hydrogen-bond donors (Lipinski definition) is 0. The maximum atomic E-state index is 12.8. The highest BCUT2D eigenvalue weighted by molar-refractivity contribution is 5.71. The summed E-state index contributed by atoms with van der Waals surface area (Å²) in [6.07, 6.45) is 85.9. The molecule has 0 amide bonds. The molecule has 6 nitrogen and oxygen atoms in total. The van der Waals surface area contributed by atoms with Crippen LogP contribution in [-0.2, 0) is 28.6 Å². The first-order valence-corrected chi connectivity index (χ1v) is 27.4. The molecule has 0 bridgehead atoms. The largest absolute Gasteiger partial charge is 0.462 e. The van der Waals surface area contributed by atoms with Crippen molar-refractivity contribution in [2.75, 3.05) is 13.2 Å². The van der Waals surface area contributed by atoms with E-state index in [1.165, 1.54) is 12.8 Å². The van der Waals surface area contributed by atoms with Gasteiger partial charge in [0.1, 0.15) is 13.2 Å². The normalized spacial score (nSPS) is 13.6. The Kier molecular flexibility index (Phi) is 52.7. The van der Waals surface area contributed by atoms with E-state index in [0.29, 0.717) is 19.3 Å². The summed E-state index contributed by atoms with van der Waals surface area (Å²) in [5.74, 6) is -1.06. The molecule has 0 saturated carbocycles. The number of carbonyl (C=O) groups is 3. The molecule has 0 rings (SSSR count). The second-order valence-corrected chi connectivity index (χ2v) is 17.1. The van der Waals surface area contributed by atoms with Crippen LogP contribution in [0.3, 0.4) is 0 Å². The van der Waals surface area contributed by atoms with Crippen LogP contribution >= 0.6 is 0 Å². The van der Waals surface area contributed by atoms with E-state index >= 15 is 0 Å². The van der Waals surface area contributed by atoms with E-state index in [9.17, 15) is 14.4 Å². The minimum Gasteiger partial charge on any atom is -0.462 e. The van der Waals surface area contributed by atoms with Crippen LogP contribution in [0.1, 0.15) is 188 Å². The number of ether oxygens (including phenoxy) is 3. The maximum Gasteiger partial charge on any atom is 0.306 e. The zero-order valence-electron chi connectivity index (χ0n) is 44.6. The van der Waals surface area contributed by atoms with Crippen LogP contribution in [-0.4, -0.2) is 37.2 Å². The minimum atomic E-state index is -0.842. The average molecular weight is 973 g/mol. The second-order valence-electron chi connectivity index (χ2n) is 17.1. The Balaban J connectivity index is 4.64. The highest BCUT2D eigenvalue weighted by atomic mass is 16.6. The molecule has 0 N–H and O–H groups in total. The number of carbonyl (C=O) groups excluding carboxylic acids is 3. The van der Waals surface area contributed by atoms with E-state index < -0.39 is 6.10 Å². The molecule has 0 aromatic heterocycles. The first-order valence-electron chi connectivity index (χ1n) is 27.4. The van der Waals surface area contributed by atoms with Gasteiger partial charge in [-0.05, 0) is 116 Å². The van der Waals surface area contributed by atoms with Crippen LogP contribution < -0.4 is 0 Å². The van der Waals surface area contributed by atoms with Gasteiger partial charge in [0, 0.05) is 19.3 Å². The molecule has 0 aliphatic rings. The van der Waals surface area contributed by atoms with Crippen molar-refractivity contribution in [2.24, 2.45) is 0 Å². The minimum absolute atomic E-state index is 0.132. The third kappa shape index (κ3) is 55.3. The summed E-state index contributed by atoms with van der Waals surface area (Å²) in [6, 6.07) is 0. The molecule has 6 heteroatoms. The Labute approximate surface area is 434 Å². The molecule has 71 heavy (non-hydrogen) atoms. The molecule has 1 atom stereocenters. The van der Waals surface area contributed by atoms with E-state index in [4.69, 9.17) is 14.2 Å².